The molecule has 1 aliphatic rings. The molecule has 0 unspecified atom stereocenters. The fourth-order valence-electron chi connectivity index (χ4n) is 5.90. The number of carbonyl (C=O) groups excluding carboxylic acids is 2. The van der Waals surface area contributed by atoms with E-state index in [9.17, 15) is 22.4 Å². The smallest absolute Gasteiger partial charge is 0.264 e. The molecule has 252 valence electrons. The highest BCUT2D eigenvalue weighted by molar-refractivity contribution is 9.10. The van der Waals surface area contributed by atoms with Crippen molar-refractivity contribution in [1.82, 2.24) is 10.2 Å². The van der Waals surface area contributed by atoms with E-state index in [4.69, 9.17) is 4.74 Å². The molecule has 1 atom stereocenters. The number of sulfonamides is 1. The molecule has 1 aliphatic carbocycles. The molecule has 0 spiro atoms. The lowest BCUT2D eigenvalue weighted by Crippen LogP contribution is -2.55. The quantitative estimate of drug-likeness (QED) is 0.162. The van der Waals surface area contributed by atoms with Gasteiger partial charge in [-0.05, 0) is 84.6 Å². The average Bonchev–Trinajstić information content (AvgIpc) is 3.10. The first-order chi connectivity index (χ1) is 23.1. The molecule has 1 fully saturated rings. The summed E-state index contributed by atoms with van der Waals surface area (Å²) in [5.41, 5.74) is 1.73. The largest absolute Gasteiger partial charge is 0.497 e. The van der Waals surface area contributed by atoms with Crippen LogP contribution >= 0.6 is 15.9 Å². The topological polar surface area (TPSA) is 96.0 Å². The Kier molecular flexibility index (Phi) is 11.9. The molecule has 1 N–H and O–H groups in total. The minimum absolute atomic E-state index is 0.000296. The van der Waals surface area contributed by atoms with Gasteiger partial charge in [0.25, 0.3) is 10.0 Å². The summed E-state index contributed by atoms with van der Waals surface area (Å²) >= 11 is 3.46. The monoisotopic (exact) mass is 735 g/mol. The van der Waals surface area contributed by atoms with Gasteiger partial charge in [-0.2, -0.15) is 0 Å². The maximum Gasteiger partial charge on any atom is 0.264 e. The highest BCUT2D eigenvalue weighted by Crippen LogP contribution is 2.27. The Hall–Kier alpha value is -4.22. The third-order valence-electron chi connectivity index (χ3n) is 8.53. The molecule has 0 bridgehead atoms. The van der Waals surface area contributed by atoms with E-state index < -0.39 is 34.3 Å². The van der Waals surface area contributed by atoms with Crippen LogP contribution in [-0.2, 0) is 32.6 Å². The second-order valence-electron chi connectivity index (χ2n) is 11.9. The summed E-state index contributed by atoms with van der Waals surface area (Å²) in [4.78, 5) is 30.2. The summed E-state index contributed by atoms with van der Waals surface area (Å²) in [5, 5.41) is 3.20. The maximum atomic E-state index is 14.6. The molecular weight excluding hydrogens is 697 g/mol. The summed E-state index contributed by atoms with van der Waals surface area (Å²) in [6, 6.07) is 26.7. The zero-order valence-electron chi connectivity index (χ0n) is 26.7. The molecule has 8 nitrogen and oxygen atoms in total. The number of hydrogen-bond donors (Lipinski definition) is 1. The standard InChI is InChI=1S/C37H39BrFN3O5S/c1-47-33-20-22-34(23-21-33)48(45,46)42(32-18-16-30(39)17-19-32)26-36(43)41(25-28-12-14-29(38)15-13-28)35(24-27-8-4-2-5-9-27)37(44)40-31-10-6-3-7-11-31/h2,4-5,8-9,12-23,31,35H,3,6-7,10-11,24-26H2,1H3,(H,40,44)/t35-/m1/s1. The number of amides is 2. The summed E-state index contributed by atoms with van der Waals surface area (Å²) in [7, 11) is -2.85. The molecule has 2 amide bonds. The molecule has 0 aromatic heterocycles. The predicted molar refractivity (Wildman–Crippen MR) is 188 cm³/mol. The van der Waals surface area contributed by atoms with Gasteiger partial charge in [-0.15, -0.1) is 0 Å². The van der Waals surface area contributed by atoms with Crippen LogP contribution in [0.1, 0.15) is 43.2 Å². The number of methoxy groups -OCH3 is 1. The maximum absolute atomic E-state index is 14.6. The molecule has 4 aromatic carbocycles. The van der Waals surface area contributed by atoms with Gasteiger partial charge in [0, 0.05) is 23.5 Å². The highest BCUT2D eigenvalue weighted by Gasteiger charge is 2.35. The van der Waals surface area contributed by atoms with Crippen LogP contribution in [0.15, 0.2) is 112 Å². The fraction of sp³-hybridized carbons (Fsp3) is 0.297. The van der Waals surface area contributed by atoms with Crippen molar-refractivity contribution in [1.29, 1.82) is 0 Å². The van der Waals surface area contributed by atoms with E-state index in [0.717, 1.165) is 64.1 Å². The average molecular weight is 737 g/mol. The van der Waals surface area contributed by atoms with E-state index in [2.05, 4.69) is 21.2 Å². The van der Waals surface area contributed by atoms with Crippen LogP contribution in [0.3, 0.4) is 0 Å². The van der Waals surface area contributed by atoms with Crippen molar-refractivity contribution < 1.29 is 27.1 Å². The van der Waals surface area contributed by atoms with E-state index in [1.54, 1.807) is 0 Å². The fourth-order valence-corrected chi connectivity index (χ4v) is 7.57. The van der Waals surface area contributed by atoms with Gasteiger partial charge in [-0.1, -0.05) is 77.7 Å². The first kappa shape index (κ1) is 35.1. The van der Waals surface area contributed by atoms with E-state index in [1.165, 1.54) is 48.4 Å². The van der Waals surface area contributed by atoms with E-state index in [1.807, 2.05) is 54.6 Å². The molecule has 11 heteroatoms. The normalized spacial score (nSPS) is 14.1. The molecule has 48 heavy (non-hydrogen) atoms. The zero-order valence-corrected chi connectivity index (χ0v) is 29.1. The van der Waals surface area contributed by atoms with Crippen LogP contribution < -0.4 is 14.4 Å². The van der Waals surface area contributed by atoms with E-state index >= 15 is 0 Å². The lowest BCUT2D eigenvalue weighted by atomic mass is 9.94. The molecule has 1 saturated carbocycles. The van der Waals surface area contributed by atoms with Crippen LogP contribution in [0.5, 0.6) is 5.75 Å². The number of carbonyl (C=O) groups is 2. The molecule has 0 aliphatic heterocycles. The number of rotatable bonds is 13. The third kappa shape index (κ3) is 9.02. The van der Waals surface area contributed by atoms with Crippen molar-refractivity contribution in [2.45, 2.75) is 62.0 Å². The molecule has 0 saturated heterocycles. The highest BCUT2D eigenvalue weighted by atomic mass is 79.9. The summed E-state index contributed by atoms with van der Waals surface area (Å²) < 4.78 is 49.4. The van der Waals surface area contributed by atoms with Crippen molar-refractivity contribution in [2.24, 2.45) is 0 Å². The first-order valence-corrected chi connectivity index (χ1v) is 18.2. The number of hydrogen-bond acceptors (Lipinski definition) is 5. The molecule has 0 radical (unpaired) electrons. The van der Waals surface area contributed by atoms with Gasteiger partial charge in [-0.3, -0.25) is 13.9 Å². The summed E-state index contributed by atoms with van der Waals surface area (Å²) in [6.07, 6.45) is 5.11. The molecule has 4 aromatic rings. The van der Waals surface area contributed by atoms with Gasteiger partial charge in [0.2, 0.25) is 11.8 Å². The second-order valence-corrected chi connectivity index (χ2v) is 14.6. The first-order valence-electron chi connectivity index (χ1n) is 15.9. The van der Waals surface area contributed by atoms with Gasteiger partial charge in [0.15, 0.2) is 0 Å². The van der Waals surface area contributed by atoms with Crippen LogP contribution in [0.4, 0.5) is 10.1 Å². The number of nitrogens with one attached hydrogen (secondary N) is 1. The van der Waals surface area contributed by atoms with Crippen LogP contribution in [0, 0.1) is 5.82 Å². The third-order valence-corrected chi connectivity index (χ3v) is 10.8. The number of benzene rings is 4. The molecule has 5 rings (SSSR count). The predicted octanol–water partition coefficient (Wildman–Crippen LogP) is 6.88. The van der Waals surface area contributed by atoms with Crippen LogP contribution in [0.25, 0.3) is 0 Å². The molecule has 0 heterocycles. The van der Waals surface area contributed by atoms with Crippen molar-refractivity contribution in [3.63, 3.8) is 0 Å². The lowest BCUT2D eigenvalue weighted by molar-refractivity contribution is -0.140. The van der Waals surface area contributed by atoms with Gasteiger partial charge in [-0.25, -0.2) is 12.8 Å². The number of ether oxygens (including phenoxy) is 1. The Morgan fingerprint density at radius 3 is 2.15 bits per heavy atom. The van der Waals surface area contributed by atoms with Gasteiger partial charge in [0.1, 0.15) is 24.2 Å². The lowest BCUT2D eigenvalue weighted by Gasteiger charge is -2.35. The Bertz CT molecular complexity index is 1770. The number of nitrogens with zero attached hydrogens (tertiary/aromatic N) is 2. The second kappa shape index (κ2) is 16.3. The Labute approximate surface area is 290 Å². The van der Waals surface area contributed by atoms with Crippen molar-refractivity contribution >= 4 is 43.5 Å². The van der Waals surface area contributed by atoms with Gasteiger partial charge < -0.3 is 15.0 Å². The Balaban J connectivity index is 1.55. The SMILES string of the molecule is COc1ccc(S(=O)(=O)N(CC(=O)N(Cc2ccc(Br)cc2)[C@H](Cc2ccccc2)C(=O)NC2CCCCC2)c2ccc(F)cc2)cc1. The van der Waals surface area contributed by atoms with Gasteiger partial charge >= 0.3 is 0 Å². The van der Waals surface area contributed by atoms with Crippen molar-refractivity contribution in [2.75, 3.05) is 18.0 Å². The zero-order chi connectivity index (χ0) is 34.1. The van der Waals surface area contributed by atoms with Crippen molar-refractivity contribution in [3.8, 4) is 5.75 Å². The van der Waals surface area contributed by atoms with Gasteiger partial charge in [0.05, 0.1) is 17.7 Å². The minimum Gasteiger partial charge on any atom is -0.497 e. The minimum atomic E-state index is -4.33. The van der Waals surface area contributed by atoms with Crippen LogP contribution in [0.2, 0.25) is 0 Å². The van der Waals surface area contributed by atoms with E-state index in [0.29, 0.717) is 5.75 Å². The molecular formula is C37H39BrFN3O5S. The number of halogens is 2. The van der Waals surface area contributed by atoms with Crippen LogP contribution in [-0.4, -0.2) is 50.9 Å². The van der Waals surface area contributed by atoms with E-state index in [-0.39, 0.29) is 35.5 Å². The summed E-state index contributed by atoms with van der Waals surface area (Å²) in [6.45, 7) is -0.569. The Morgan fingerprint density at radius 1 is 0.875 bits per heavy atom. The Morgan fingerprint density at radius 2 is 1.52 bits per heavy atom. The van der Waals surface area contributed by atoms with Crippen molar-refractivity contribution in [3.05, 3.63) is 125 Å². The number of anilines is 1. The summed E-state index contributed by atoms with van der Waals surface area (Å²) in [5.74, 6) is -0.959.